The highest BCUT2D eigenvalue weighted by Gasteiger charge is 2.06. The third-order valence-electron chi connectivity index (χ3n) is 2.78. The SMILES string of the molecule is CCc1cccc(-c2ccc(C=O)cc2F)c1. The zero-order chi connectivity index (χ0) is 12.3. The predicted octanol–water partition coefficient (Wildman–Crippen LogP) is 3.87. The van der Waals surface area contributed by atoms with Crippen LogP contribution < -0.4 is 0 Å². The molecule has 0 atom stereocenters. The van der Waals surface area contributed by atoms with E-state index in [-0.39, 0.29) is 5.82 Å². The molecule has 1 nitrogen and oxygen atoms in total. The number of carbonyl (C=O) groups excluding carboxylic acids is 1. The minimum absolute atomic E-state index is 0.358. The highest BCUT2D eigenvalue weighted by atomic mass is 19.1. The molecule has 0 aliphatic rings. The molecule has 0 bridgehead atoms. The van der Waals surface area contributed by atoms with Gasteiger partial charge in [-0.05, 0) is 23.6 Å². The Morgan fingerprint density at radius 2 is 2.00 bits per heavy atom. The van der Waals surface area contributed by atoms with Crippen molar-refractivity contribution in [3.05, 3.63) is 59.4 Å². The molecule has 17 heavy (non-hydrogen) atoms. The third kappa shape index (κ3) is 2.41. The lowest BCUT2D eigenvalue weighted by Gasteiger charge is -2.06. The van der Waals surface area contributed by atoms with Crippen LogP contribution in [0.3, 0.4) is 0 Å². The van der Waals surface area contributed by atoms with Gasteiger partial charge >= 0.3 is 0 Å². The molecule has 2 aromatic rings. The lowest BCUT2D eigenvalue weighted by molar-refractivity contribution is 0.112. The van der Waals surface area contributed by atoms with Gasteiger partial charge in [0.15, 0.2) is 0 Å². The number of aldehydes is 1. The average molecular weight is 228 g/mol. The molecule has 0 fully saturated rings. The first-order valence-corrected chi connectivity index (χ1v) is 5.58. The van der Waals surface area contributed by atoms with Crippen molar-refractivity contribution in [2.75, 3.05) is 0 Å². The fourth-order valence-electron chi connectivity index (χ4n) is 1.80. The average Bonchev–Trinajstić information content (AvgIpc) is 2.38. The van der Waals surface area contributed by atoms with Gasteiger partial charge in [0.2, 0.25) is 0 Å². The smallest absolute Gasteiger partial charge is 0.150 e. The zero-order valence-electron chi connectivity index (χ0n) is 9.61. The molecule has 0 saturated heterocycles. The van der Waals surface area contributed by atoms with Crippen molar-refractivity contribution < 1.29 is 9.18 Å². The second-order valence-electron chi connectivity index (χ2n) is 3.91. The molecular weight excluding hydrogens is 215 g/mol. The first-order valence-electron chi connectivity index (χ1n) is 5.58. The van der Waals surface area contributed by atoms with Gasteiger partial charge in [-0.2, -0.15) is 0 Å². The summed E-state index contributed by atoms with van der Waals surface area (Å²) in [6, 6.07) is 12.3. The number of hydrogen-bond donors (Lipinski definition) is 0. The van der Waals surface area contributed by atoms with Gasteiger partial charge in [0.05, 0.1) is 0 Å². The maximum absolute atomic E-state index is 13.8. The van der Waals surface area contributed by atoms with Crippen LogP contribution in [0.15, 0.2) is 42.5 Å². The fraction of sp³-hybridized carbons (Fsp3) is 0.133. The summed E-state index contributed by atoms with van der Waals surface area (Å²) in [5, 5.41) is 0. The second kappa shape index (κ2) is 4.91. The minimum atomic E-state index is -0.358. The van der Waals surface area contributed by atoms with Crippen molar-refractivity contribution in [2.45, 2.75) is 13.3 Å². The van der Waals surface area contributed by atoms with Crippen molar-refractivity contribution in [1.82, 2.24) is 0 Å². The molecule has 0 aliphatic heterocycles. The predicted molar refractivity (Wildman–Crippen MR) is 66.6 cm³/mol. The Balaban J connectivity index is 2.48. The van der Waals surface area contributed by atoms with E-state index in [0.717, 1.165) is 12.0 Å². The molecule has 0 aromatic heterocycles. The third-order valence-corrected chi connectivity index (χ3v) is 2.78. The standard InChI is InChI=1S/C15H13FO/c1-2-11-4-3-5-13(8-11)14-7-6-12(10-17)9-15(14)16/h3-10H,2H2,1H3. The molecule has 2 heteroatoms. The summed E-state index contributed by atoms with van der Waals surface area (Å²) in [5.41, 5.74) is 2.91. The summed E-state index contributed by atoms with van der Waals surface area (Å²) in [7, 11) is 0. The van der Waals surface area contributed by atoms with E-state index in [4.69, 9.17) is 0 Å². The van der Waals surface area contributed by atoms with Crippen LogP contribution in [0, 0.1) is 5.82 Å². The molecule has 2 aromatic carbocycles. The first kappa shape index (κ1) is 11.5. The van der Waals surface area contributed by atoms with Crippen LogP contribution in [-0.2, 0) is 6.42 Å². The van der Waals surface area contributed by atoms with Gasteiger partial charge < -0.3 is 0 Å². The summed E-state index contributed by atoms with van der Waals surface area (Å²) < 4.78 is 13.8. The van der Waals surface area contributed by atoms with Gasteiger partial charge in [-0.15, -0.1) is 0 Å². The van der Waals surface area contributed by atoms with E-state index < -0.39 is 0 Å². The van der Waals surface area contributed by atoms with Crippen LogP contribution in [0.2, 0.25) is 0 Å². The number of aryl methyl sites for hydroxylation is 1. The Labute approximate surface area is 99.9 Å². The molecule has 0 spiro atoms. The Bertz CT molecular complexity index is 546. The summed E-state index contributed by atoms with van der Waals surface area (Å²) in [4.78, 5) is 10.5. The van der Waals surface area contributed by atoms with Crippen molar-refractivity contribution in [3.8, 4) is 11.1 Å². The second-order valence-corrected chi connectivity index (χ2v) is 3.91. The van der Waals surface area contributed by atoms with Gasteiger partial charge in [-0.3, -0.25) is 4.79 Å². The van der Waals surface area contributed by atoms with Crippen LogP contribution in [0.25, 0.3) is 11.1 Å². The Morgan fingerprint density at radius 1 is 1.18 bits per heavy atom. The number of carbonyl (C=O) groups is 1. The largest absolute Gasteiger partial charge is 0.298 e. The highest BCUT2D eigenvalue weighted by Crippen LogP contribution is 2.24. The van der Waals surface area contributed by atoms with Crippen molar-refractivity contribution >= 4 is 6.29 Å². The van der Waals surface area contributed by atoms with Crippen LogP contribution in [-0.4, -0.2) is 6.29 Å². The molecule has 0 N–H and O–H groups in total. The topological polar surface area (TPSA) is 17.1 Å². The maximum atomic E-state index is 13.8. The van der Waals surface area contributed by atoms with E-state index in [1.165, 1.54) is 11.6 Å². The summed E-state index contributed by atoms with van der Waals surface area (Å²) in [5.74, 6) is -0.358. The lowest BCUT2D eigenvalue weighted by atomic mass is 10.0. The van der Waals surface area contributed by atoms with Gasteiger partial charge in [0.1, 0.15) is 12.1 Å². The normalized spacial score (nSPS) is 10.2. The number of rotatable bonds is 3. The highest BCUT2D eigenvalue weighted by molar-refractivity contribution is 5.77. The quantitative estimate of drug-likeness (QED) is 0.729. The van der Waals surface area contributed by atoms with Gasteiger partial charge in [0.25, 0.3) is 0 Å². The van der Waals surface area contributed by atoms with Crippen LogP contribution >= 0.6 is 0 Å². The monoisotopic (exact) mass is 228 g/mol. The Kier molecular flexibility index (Phi) is 3.33. The van der Waals surface area contributed by atoms with Crippen molar-refractivity contribution in [3.63, 3.8) is 0 Å². The van der Waals surface area contributed by atoms with Crippen LogP contribution in [0.1, 0.15) is 22.8 Å². The molecule has 0 unspecified atom stereocenters. The maximum Gasteiger partial charge on any atom is 0.150 e. The summed E-state index contributed by atoms with van der Waals surface area (Å²) >= 11 is 0. The van der Waals surface area contributed by atoms with Crippen molar-refractivity contribution in [1.29, 1.82) is 0 Å². The Morgan fingerprint density at radius 3 is 2.65 bits per heavy atom. The van der Waals surface area contributed by atoms with Gasteiger partial charge in [0, 0.05) is 11.1 Å². The van der Waals surface area contributed by atoms with Crippen LogP contribution in [0.4, 0.5) is 4.39 Å². The van der Waals surface area contributed by atoms with Gasteiger partial charge in [-0.25, -0.2) is 4.39 Å². The molecule has 0 aliphatic carbocycles. The minimum Gasteiger partial charge on any atom is -0.298 e. The van der Waals surface area contributed by atoms with Crippen molar-refractivity contribution in [2.24, 2.45) is 0 Å². The zero-order valence-corrected chi connectivity index (χ0v) is 9.61. The molecule has 0 saturated carbocycles. The van der Waals surface area contributed by atoms with E-state index in [2.05, 4.69) is 6.92 Å². The molecule has 86 valence electrons. The number of hydrogen-bond acceptors (Lipinski definition) is 1. The lowest BCUT2D eigenvalue weighted by Crippen LogP contribution is -1.89. The first-order chi connectivity index (χ1) is 8.24. The van der Waals surface area contributed by atoms with E-state index in [1.54, 1.807) is 12.1 Å². The fourth-order valence-corrected chi connectivity index (χ4v) is 1.80. The van der Waals surface area contributed by atoms with E-state index in [9.17, 15) is 9.18 Å². The molecule has 0 radical (unpaired) electrons. The Hall–Kier alpha value is -1.96. The van der Waals surface area contributed by atoms with Gasteiger partial charge in [-0.1, -0.05) is 43.3 Å². The van der Waals surface area contributed by atoms with E-state index in [0.29, 0.717) is 17.4 Å². The summed E-state index contributed by atoms with van der Waals surface area (Å²) in [6.07, 6.45) is 1.57. The van der Waals surface area contributed by atoms with Crippen LogP contribution in [0.5, 0.6) is 0 Å². The summed E-state index contributed by atoms with van der Waals surface area (Å²) in [6.45, 7) is 2.06. The molecule has 0 amide bonds. The number of benzene rings is 2. The van der Waals surface area contributed by atoms with E-state index >= 15 is 0 Å². The molecule has 2 rings (SSSR count). The number of halogens is 1. The van der Waals surface area contributed by atoms with E-state index in [1.807, 2.05) is 24.3 Å². The molecule has 0 heterocycles. The molecular formula is C15H13FO.